The fourth-order valence-corrected chi connectivity index (χ4v) is 3.87. The summed E-state index contributed by atoms with van der Waals surface area (Å²) < 4.78 is 18.9. The number of aromatic amines is 1. The minimum absolute atomic E-state index is 0.149. The van der Waals surface area contributed by atoms with E-state index in [4.69, 9.17) is 17.0 Å². The van der Waals surface area contributed by atoms with Gasteiger partial charge in [-0.1, -0.05) is 13.8 Å². The molecule has 0 atom stereocenters. The van der Waals surface area contributed by atoms with Crippen LogP contribution in [0.4, 0.5) is 10.1 Å². The fraction of sp³-hybridized carbons (Fsp3) is 0.360. The number of halogens is 1. The number of hydrogen-bond acceptors (Lipinski definition) is 4. The Morgan fingerprint density at radius 1 is 1.06 bits per heavy atom. The number of H-pyrrole nitrogens is 1. The lowest BCUT2D eigenvalue weighted by atomic mass is 10.1. The number of anilines is 1. The van der Waals surface area contributed by atoms with Crippen molar-refractivity contribution in [3.05, 3.63) is 70.3 Å². The molecular formula is C25H31FN4O2S. The molecule has 0 spiro atoms. The largest absolute Gasteiger partial charge is 0.494 e. The third kappa shape index (κ3) is 6.76. The summed E-state index contributed by atoms with van der Waals surface area (Å²) in [5.41, 5.74) is 1.92. The van der Waals surface area contributed by atoms with E-state index < -0.39 is 0 Å². The van der Waals surface area contributed by atoms with Crippen LogP contribution in [0.3, 0.4) is 0 Å². The normalized spacial score (nSPS) is 11.1. The van der Waals surface area contributed by atoms with Gasteiger partial charge in [0.15, 0.2) is 5.11 Å². The van der Waals surface area contributed by atoms with E-state index in [1.807, 2.05) is 36.1 Å². The van der Waals surface area contributed by atoms with Crippen LogP contribution in [0.15, 0.2) is 53.3 Å². The van der Waals surface area contributed by atoms with Gasteiger partial charge in [-0.05, 0) is 80.8 Å². The van der Waals surface area contributed by atoms with E-state index in [1.54, 1.807) is 12.1 Å². The van der Waals surface area contributed by atoms with Crippen molar-refractivity contribution in [1.29, 1.82) is 0 Å². The van der Waals surface area contributed by atoms with Crippen LogP contribution >= 0.6 is 12.2 Å². The monoisotopic (exact) mass is 470 g/mol. The van der Waals surface area contributed by atoms with Crippen LogP contribution in [0.2, 0.25) is 0 Å². The van der Waals surface area contributed by atoms with Crippen molar-refractivity contribution in [2.75, 3.05) is 38.1 Å². The second-order valence-corrected chi connectivity index (χ2v) is 8.08. The van der Waals surface area contributed by atoms with E-state index in [-0.39, 0.29) is 11.4 Å². The van der Waals surface area contributed by atoms with Gasteiger partial charge in [-0.25, -0.2) is 4.39 Å². The van der Waals surface area contributed by atoms with Gasteiger partial charge in [-0.15, -0.1) is 0 Å². The smallest absolute Gasteiger partial charge is 0.253 e. The molecule has 0 saturated heterocycles. The van der Waals surface area contributed by atoms with Gasteiger partial charge in [-0.2, -0.15) is 0 Å². The van der Waals surface area contributed by atoms with Crippen LogP contribution in [0.5, 0.6) is 5.75 Å². The first-order valence-electron chi connectivity index (χ1n) is 11.3. The van der Waals surface area contributed by atoms with Crippen molar-refractivity contribution >= 4 is 33.9 Å². The SMILES string of the molecule is CCOc1ccc2[nH]c(=O)c(CN(CCN(CC)CC)C(=S)Nc3ccc(F)cc3)cc2c1. The molecular weight excluding hydrogens is 439 g/mol. The first kappa shape index (κ1) is 24.7. The standard InChI is InChI=1S/C25H31FN4O2S/c1-4-29(5-2)13-14-30(25(33)27-21-9-7-20(26)8-10-21)17-19-15-18-16-22(32-6-3)11-12-23(18)28-24(19)31/h7-12,15-16H,4-6,13-14,17H2,1-3H3,(H,27,33)(H,28,31). The molecule has 176 valence electrons. The summed E-state index contributed by atoms with van der Waals surface area (Å²) in [5.74, 6) is 0.453. The molecule has 1 heterocycles. The number of fused-ring (bicyclic) bond motifs is 1. The van der Waals surface area contributed by atoms with Crippen LogP contribution in [-0.4, -0.2) is 52.7 Å². The van der Waals surface area contributed by atoms with E-state index in [9.17, 15) is 9.18 Å². The highest BCUT2D eigenvalue weighted by molar-refractivity contribution is 7.80. The minimum atomic E-state index is -0.307. The molecule has 2 aromatic carbocycles. The van der Waals surface area contributed by atoms with Gasteiger partial charge >= 0.3 is 0 Å². The van der Waals surface area contributed by atoms with Gasteiger partial charge in [0.25, 0.3) is 5.56 Å². The molecule has 8 heteroatoms. The number of benzene rings is 2. The van der Waals surface area contributed by atoms with Crippen molar-refractivity contribution in [2.45, 2.75) is 27.3 Å². The molecule has 0 radical (unpaired) electrons. The Kier molecular flexibility index (Phi) is 8.79. The van der Waals surface area contributed by atoms with Crippen LogP contribution in [-0.2, 0) is 6.54 Å². The van der Waals surface area contributed by atoms with Crippen LogP contribution in [0.25, 0.3) is 10.9 Å². The number of thiocarbonyl (C=S) groups is 1. The van der Waals surface area contributed by atoms with Crippen LogP contribution in [0, 0.1) is 5.82 Å². The molecule has 0 aliphatic heterocycles. The summed E-state index contributed by atoms with van der Waals surface area (Å²) in [6.45, 7) is 10.4. The summed E-state index contributed by atoms with van der Waals surface area (Å²) in [6.07, 6.45) is 0. The summed E-state index contributed by atoms with van der Waals surface area (Å²) in [7, 11) is 0. The number of nitrogens with one attached hydrogen (secondary N) is 2. The Balaban J connectivity index is 1.86. The topological polar surface area (TPSA) is 60.6 Å². The van der Waals surface area contributed by atoms with Crippen molar-refractivity contribution in [3.8, 4) is 5.75 Å². The number of likely N-dealkylation sites (N-methyl/N-ethyl adjacent to an activating group) is 1. The average molecular weight is 471 g/mol. The average Bonchev–Trinajstić information content (AvgIpc) is 2.81. The van der Waals surface area contributed by atoms with Crippen molar-refractivity contribution in [3.63, 3.8) is 0 Å². The Morgan fingerprint density at radius 2 is 1.79 bits per heavy atom. The number of pyridine rings is 1. The zero-order valence-electron chi connectivity index (χ0n) is 19.4. The molecule has 3 aromatic rings. The maximum Gasteiger partial charge on any atom is 0.253 e. The Morgan fingerprint density at radius 3 is 2.45 bits per heavy atom. The quantitative estimate of drug-likeness (QED) is 0.422. The lowest BCUT2D eigenvalue weighted by molar-refractivity contribution is 0.266. The lowest BCUT2D eigenvalue weighted by Gasteiger charge is -2.29. The van der Waals surface area contributed by atoms with Crippen LogP contribution in [0.1, 0.15) is 26.3 Å². The molecule has 0 unspecified atom stereocenters. The number of ether oxygens (including phenoxy) is 1. The number of rotatable bonds is 10. The van der Waals surface area contributed by atoms with E-state index >= 15 is 0 Å². The lowest BCUT2D eigenvalue weighted by Crippen LogP contribution is -2.41. The minimum Gasteiger partial charge on any atom is -0.494 e. The zero-order valence-corrected chi connectivity index (χ0v) is 20.2. The molecule has 0 aliphatic rings. The number of aromatic nitrogens is 1. The second-order valence-electron chi connectivity index (χ2n) is 7.69. The summed E-state index contributed by atoms with van der Waals surface area (Å²) in [4.78, 5) is 20.1. The summed E-state index contributed by atoms with van der Waals surface area (Å²) in [5, 5.41) is 4.55. The highest BCUT2D eigenvalue weighted by Crippen LogP contribution is 2.20. The van der Waals surface area contributed by atoms with Crippen molar-refractivity contribution < 1.29 is 9.13 Å². The van der Waals surface area contributed by atoms with Crippen LogP contribution < -0.4 is 15.6 Å². The van der Waals surface area contributed by atoms with Crippen molar-refractivity contribution in [1.82, 2.24) is 14.8 Å². The van der Waals surface area contributed by atoms with Crippen molar-refractivity contribution in [2.24, 2.45) is 0 Å². The molecule has 33 heavy (non-hydrogen) atoms. The second kappa shape index (κ2) is 11.8. The number of hydrogen-bond donors (Lipinski definition) is 2. The number of nitrogens with zero attached hydrogens (tertiary/aromatic N) is 2. The maximum atomic E-state index is 13.3. The molecule has 6 nitrogen and oxygen atoms in total. The summed E-state index contributed by atoms with van der Waals surface area (Å²) >= 11 is 5.68. The zero-order chi connectivity index (χ0) is 23.8. The van der Waals surface area contributed by atoms with Gasteiger partial charge < -0.3 is 24.8 Å². The molecule has 3 rings (SSSR count). The molecule has 2 N–H and O–H groups in total. The molecule has 1 aromatic heterocycles. The Hall–Kier alpha value is -2.97. The van der Waals surface area contributed by atoms with E-state index in [1.165, 1.54) is 12.1 Å². The Labute approximate surface area is 199 Å². The predicted octanol–water partition coefficient (Wildman–Crippen LogP) is 4.61. The highest BCUT2D eigenvalue weighted by Gasteiger charge is 2.15. The third-order valence-electron chi connectivity index (χ3n) is 5.53. The van der Waals surface area contributed by atoms with Gasteiger partial charge in [-0.3, -0.25) is 4.79 Å². The molecule has 0 amide bonds. The van der Waals surface area contributed by atoms with Gasteiger partial charge in [0.05, 0.1) is 13.2 Å². The van der Waals surface area contributed by atoms with E-state index in [0.29, 0.717) is 36.1 Å². The first-order chi connectivity index (χ1) is 15.9. The Bertz CT molecular complexity index is 1130. The summed E-state index contributed by atoms with van der Waals surface area (Å²) in [6, 6.07) is 13.6. The molecule has 0 saturated carbocycles. The molecule has 0 aliphatic carbocycles. The first-order valence-corrected chi connectivity index (χ1v) is 11.7. The molecule has 0 bridgehead atoms. The molecule has 0 fully saturated rings. The van der Waals surface area contributed by atoms with Gasteiger partial charge in [0, 0.05) is 35.2 Å². The van der Waals surface area contributed by atoms with Gasteiger partial charge in [0.2, 0.25) is 0 Å². The van der Waals surface area contributed by atoms with E-state index in [0.717, 1.165) is 36.3 Å². The maximum absolute atomic E-state index is 13.3. The predicted molar refractivity (Wildman–Crippen MR) is 137 cm³/mol. The fourth-order valence-electron chi connectivity index (χ4n) is 3.60. The highest BCUT2D eigenvalue weighted by atomic mass is 32.1. The van der Waals surface area contributed by atoms with Gasteiger partial charge in [0.1, 0.15) is 11.6 Å². The third-order valence-corrected chi connectivity index (χ3v) is 5.89. The van der Waals surface area contributed by atoms with E-state index in [2.05, 4.69) is 29.0 Å².